The second-order valence-electron chi connectivity index (χ2n) is 7.28. The number of aromatic nitrogens is 2. The predicted molar refractivity (Wildman–Crippen MR) is 110 cm³/mol. The van der Waals surface area contributed by atoms with E-state index in [1.54, 1.807) is 25.4 Å². The Hall–Kier alpha value is -3.41. The third-order valence-corrected chi connectivity index (χ3v) is 5.44. The first-order valence-corrected chi connectivity index (χ1v) is 9.65. The van der Waals surface area contributed by atoms with E-state index in [1.807, 2.05) is 18.2 Å². The number of nitrogens with zero attached hydrogens (tertiary/aromatic N) is 2. The van der Waals surface area contributed by atoms with Crippen molar-refractivity contribution in [2.75, 3.05) is 7.11 Å². The number of nitrogens with one attached hydrogen (secondary N) is 1. The Morgan fingerprint density at radius 3 is 2.72 bits per heavy atom. The van der Waals surface area contributed by atoms with Crippen LogP contribution in [0.15, 0.2) is 54.7 Å². The molecule has 1 aliphatic rings. The zero-order chi connectivity index (χ0) is 20.4. The third kappa shape index (κ3) is 3.78. The van der Waals surface area contributed by atoms with Crippen molar-refractivity contribution in [1.82, 2.24) is 15.1 Å². The van der Waals surface area contributed by atoms with Gasteiger partial charge in [0.15, 0.2) is 5.69 Å². The highest BCUT2D eigenvalue weighted by molar-refractivity contribution is 5.98. The van der Waals surface area contributed by atoms with Gasteiger partial charge >= 0.3 is 5.97 Å². The summed E-state index contributed by atoms with van der Waals surface area (Å²) < 4.78 is 6.34. The molecule has 2 aromatic carbocycles. The molecule has 3 aromatic rings. The standard InChI is InChI=1S/C23H23N3O3/c1-26-21(23(28)29-2)20(14-24-26)17-8-5-9-18(12-17)22(27)25-19-11-10-15-6-3-4-7-16(15)13-19/h3-9,12,14,19H,10-11,13H2,1-2H3,(H,25,27). The minimum Gasteiger partial charge on any atom is -0.464 e. The zero-order valence-corrected chi connectivity index (χ0v) is 16.5. The van der Waals surface area contributed by atoms with E-state index in [2.05, 4.69) is 28.6 Å². The summed E-state index contributed by atoms with van der Waals surface area (Å²) >= 11 is 0. The highest BCUT2D eigenvalue weighted by atomic mass is 16.5. The number of benzene rings is 2. The lowest BCUT2D eigenvalue weighted by Gasteiger charge is -2.25. The quantitative estimate of drug-likeness (QED) is 0.696. The number of carbonyl (C=O) groups is 2. The number of rotatable bonds is 4. The Labute approximate surface area is 169 Å². The first-order valence-electron chi connectivity index (χ1n) is 9.65. The summed E-state index contributed by atoms with van der Waals surface area (Å²) in [7, 11) is 3.03. The van der Waals surface area contributed by atoms with Gasteiger partial charge in [0.1, 0.15) is 0 Å². The molecule has 1 atom stereocenters. The average molecular weight is 389 g/mol. The van der Waals surface area contributed by atoms with Gasteiger partial charge in [-0.1, -0.05) is 36.4 Å². The van der Waals surface area contributed by atoms with E-state index >= 15 is 0 Å². The van der Waals surface area contributed by atoms with Gasteiger partial charge in [-0.2, -0.15) is 5.10 Å². The van der Waals surface area contributed by atoms with Crippen LogP contribution in [-0.2, 0) is 24.6 Å². The van der Waals surface area contributed by atoms with Crippen molar-refractivity contribution in [3.8, 4) is 11.1 Å². The molecule has 6 heteroatoms. The lowest BCUT2D eigenvalue weighted by Crippen LogP contribution is -2.38. The number of hydrogen-bond donors (Lipinski definition) is 1. The van der Waals surface area contributed by atoms with E-state index in [0.717, 1.165) is 24.8 Å². The zero-order valence-electron chi connectivity index (χ0n) is 16.5. The van der Waals surface area contributed by atoms with Crippen molar-refractivity contribution in [2.45, 2.75) is 25.3 Å². The van der Waals surface area contributed by atoms with Crippen molar-refractivity contribution >= 4 is 11.9 Å². The Morgan fingerprint density at radius 2 is 1.93 bits per heavy atom. The molecule has 0 spiro atoms. The minimum atomic E-state index is -0.462. The first-order chi connectivity index (χ1) is 14.1. The first kappa shape index (κ1) is 18.9. The van der Waals surface area contributed by atoms with E-state index < -0.39 is 5.97 Å². The van der Waals surface area contributed by atoms with Crippen LogP contribution < -0.4 is 5.32 Å². The molecule has 4 rings (SSSR count). The Morgan fingerprint density at radius 1 is 1.14 bits per heavy atom. The summed E-state index contributed by atoms with van der Waals surface area (Å²) in [5.41, 5.74) is 4.97. The molecule has 1 unspecified atom stereocenters. The van der Waals surface area contributed by atoms with Crippen LogP contribution in [0.25, 0.3) is 11.1 Å². The maximum absolute atomic E-state index is 12.9. The van der Waals surface area contributed by atoms with Gasteiger partial charge in [0.05, 0.1) is 13.3 Å². The largest absolute Gasteiger partial charge is 0.464 e. The molecule has 1 aromatic heterocycles. The third-order valence-electron chi connectivity index (χ3n) is 5.44. The number of hydrogen-bond acceptors (Lipinski definition) is 4. The monoisotopic (exact) mass is 389 g/mol. The van der Waals surface area contributed by atoms with E-state index in [4.69, 9.17) is 4.74 Å². The maximum atomic E-state index is 12.9. The highest BCUT2D eigenvalue weighted by Crippen LogP contribution is 2.25. The van der Waals surface area contributed by atoms with Crippen molar-refractivity contribution in [3.63, 3.8) is 0 Å². The summed E-state index contributed by atoms with van der Waals surface area (Å²) in [5, 5.41) is 7.32. The molecule has 0 aliphatic heterocycles. The molecule has 0 saturated heterocycles. The van der Waals surface area contributed by atoms with E-state index in [-0.39, 0.29) is 11.9 Å². The van der Waals surface area contributed by atoms with Crippen LogP contribution in [0.5, 0.6) is 0 Å². The summed E-state index contributed by atoms with van der Waals surface area (Å²) in [6.45, 7) is 0. The van der Waals surface area contributed by atoms with Crippen molar-refractivity contribution < 1.29 is 14.3 Å². The van der Waals surface area contributed by atoms with Gasteiger partial charge in [-0.3, -0.25) is 9.48 Å². The number of carbonyl (C=O) groups excluding carboxylic acids is 2. The normalized spacial score (nSPS) is 15.4. The van der Waals surface area contributed by atoms with Crippen LogP contribution in [-0.4, -0.2) is 34.8 Å². The van der Waals surface area contributed by atoms with Gasteiger partial charge in [-0.05, 0) is 48.1 Å². The summed E-state index contributed by atoms with van der Waals surface area (Å²) in [5.74, 6) is -0.574. The topological polar surface area (TPSA) is 73.2 Å². The Bertz CT molecular complexity index is 1070. The molecule has 0 bridgehead atoms. The lowest BCUT2D eigenvalue weighted by molar-refractivity contribution is 0.0589. The van der Waals surface area contributed by atoms with Gasteiger partial charge in [0, 0.05) is 24.2 Å². The molecule has 1 N–H and O–H groups in total. The summed E-state index contributed by atoms with van der Waals surface area (Å²) in [6.07, 6.45) is 4.36. The molecular formula is C23H23N3O3. The second-order valence-corrected chi connectivity index (χ2v) is 7.28. The van der Waals surface area contributed by atoms with Gasteiger partial charge in [0.25, 0.3) is 5.91 Å². The molecule has 0 fully saturated rings. The van der Waals surface area contributed by atoms with E-state index in [0.29, 0.717) is 16.8 Å². The van der Waals surface area contributed by atoms with Crippen LogP contribution in [0.4, 0.5) is 0 Å². The van der Waals surface area contributed by atoms with Crippen LogP contribution in [0.1, 0.15) is 38.4 Å². The predicted octanol–water partition coefficient (Wildman–Crippen LogP) is 3.16. The number of methoxy groups -OCH3 is 1. The number of fused-ring (bicyclic) bond motifs is 1. The fraction of sp³-hybridized carbons (Fsp3) is 0.261. The number of aryl methyl sites for hydroxylation is 2. The molecule has 0 radical (unpaired) electrons. The molecular weight excluding hydrogens is 366 g/mol. The fourth-order valence-corrected chi connectivity index (χ4v) is 3.91. The number of amides is 1. The molecule has 6 nitrogen and oxygen atoms in total. The SMILES string of the molecule is COC(=O)c1c(-c2cccc(C(=O)NC3CCc4ccccc4C3)c2)cnn1C. The van der Waals surface area contributed by atoms with Crippen molar-refractivity contribution in [1.29, 1.82) is 0 Å². The van der Waals surface area contributed by atoms with Crippen LogP contribution in [0.3, 0.4) is 0 Å². The van der Waals surface area contributed by atoms with Gasteiger partial charge in [-0.15, -0.1) is 0 Å². The molecule has 29 heavy (non-hydrogen) atoms. The maximum Gasteiger partial charge on any atom is 0.356 e. The van der Waals surface area contributed by atoms with E-state index in [1.165, 1.54) is 22.9 Å². The minimum absolute atomic E-state index is 0.111. The Balaban J connectivity index is 1.54. The molecule has 1 heterocycles. The van der Waals surface area contributed by atoms with Crippen LogP contribution >= 0.6 is 0 Å². The van der Waals surface area contributed by atoms with Crippen LogP contribution in [0.2, 0.25) is 0 Å². The van der Waals surface area contributed by atoms with E-state index in [9.17, 15) is 9.59 Å². The molecule has 1 amide bonds. The Kier molecular flexibility index (Phi) is 5.16. The van der Waals surface area contributed by atoms with Gasteiger partial charge in [-0.25, -0.2) is 4.79 Å². The lowest BCUT2D eigenvalue weighted by atomic mass is 9.88. The highest BCUT2D eigenvalue weighted by Gasteiger charge is 2.22. The summed E-state index contributed by atoms with van der Waals surface area (Å²) in [6, 6.07) is 15.7. The smallest absolute Gasteiger partial charge is 0.356 e. The molecule has 148 valence electrons. The average Bonchev–Trinajstić information content (AvgIpc) is 3.14. The van der Waals surface area contributed by atoms with Crippen molar-refractivity contribution in [2.24, 2.45) is 7.05 Å². The molecule has 1 aliphatic carbocycles. The van der Waals surface area contributed by atoms with Crippen molar-refractivity contribution in [3.05, 3.63) is 77.1 Å². The summed E-state index contributed by atoms with van der Waals surface area (Å²) in [4.78, 5) is 25.0. The fourth-order valence-electron chi connectivity index (χ4n) is 3.91. The number of esters is 1. The van der Waals surface area contributed by atoms with Crippen LogP contribution in [0, 0.1) is 0 Å². The molecule has 0 saturated carbocycles. The second kappa shape index (κ2) is 7.91. The van der Waals surface area contributed by atoms with Gasteiger partial charge in [0.2, 0.25) is 0 Å². The number of ether oxygens (including phenoxy) is 1. The van der Waals surface area contributed by atoms with Gasteiger partial charge < -0.3 is 10.1 Å².